The maximum atomic E-state index is 6.12. The normalized spacial score (nSPS) is 11.3. The molecule has 0 aliphatic heterocycles. The van der Waals surface area contributed by atoms with E-state index in [1.807, 2.05) is 30.5 Å². The number of hydrogen-bond donors (Lipinski definition) is 0. The molecule has 0 spiro atoms. The Bertz CT molecular complexity index is 924. The van der Waals surface area contributed by atoms with Gasteiger partial charge in [-0.25, -0.2) is 9.67 Å². The van der Waals surface area contributed by atoms with Crippen molar-refractivity contribution in [2.45, 2.75) is 11.7 Å². The molecule has 1 heterocycles. The smallest absolute Gasteiger partial charge is 0.248 e. The SMILES string of the molecule is CSc1nc(/N=C\c2ccc(Cl)cc2)n(CCOc2c(Cl)cccc2Cl)n1. The molecule has 3 aromatic rings. The fraction of sp³-hybridized carbons (Fsp3) is 0.167. The van der Waals surface area contributed by atoms with Gasteiger partial charge in [0.1, 0.15) is 6.61 Å². The number of nitrogens with zero attached hydrogens (tertiary/aromatic N) is 4. The van der Waals surface area contributed by atoms with E-state index in [-0.39, 0.29) is 0 Å². The van der Waals surface area contributed by atoms with Gasteiger partial charge < -0.3 is 4.74 Å². The molecule has 0 amide bonds. The van der Waals surface area contributed by atoms with Crippen LogP contribution in [0.4, 0.5) is 5.95 Å². The van der Waals surface area contributed by atoms with Crippen molar-refractivity contribution in [1.82, 2.24) is 14.8 Å². The minimum absolute atomic E-state index is 0.324. The number of aliphatic imine (C=N–C) groups is 1. The first kappa shape index (κ1) is 20.0. The Morgan fingerprint density at radius 2 is 1.81 bits per heavy atom. The molecule has 0 saturated heterocycles. The van der Waals surface area contributed by atoms with Crippen molar-refractivity contribution in [2.75, 3.05) is 12.9 Å². The van der Waals surface area contributed by atoms with Gasteiger partial charge in [-0.2, -0.15) is 4.98 Å². The summed E-state index contributed by atoms with van der Waals surface area (Å²) in [6, 6.07) is 12.6. The number of thioether (sulfide) groups is 1. The number of ether oxygens (including phenoxy) is 1. The third kappa shape index (κ3) is 5.39. The molecule has 0 unspecified atom stereocenters. The van der Waals surface area contributed by atoms with Crippen molar-refractivity contribution >= 4 is 58.7 Å². The average Bonchev–Trinajstić information content (AvgIpc) is 3.06. The highest BCUT2D eigenvalue weighted by Gasteiger charge is 2.10. The van der Waals surface area contributed by atoms with Crippen LogP contribution in [-0.4, -0.2) is 33.8 Å². The first-order valence-electron chi connectivity index (χ1n) is 7.92. The van der Waals surface area contributed by atoms with Crippen LogP contribution in [0, 0.1) is 0 Å². The van der Waals surface area contributed by atoms with E-state index in [0.29, 0.717) is 45.1 Å². The zero-order chi connectivity index (χ0) is 19.2. The summed E-state index contributed by atoms with van der Waals surface area (Å²) < 4.78 is 7.40. The van der Waals surface area contributed by atoms with Gasteiger partial charge in [0.05, 0.1) is 16.6 Å². The van der Waals surface area contributed by atoms with E-state index >= 15 is 0 Å². The maximum Gasteiger partial charge on any atom is 0.248 e. The third-order valence-electron chi connectivity index (χ3n) is 3.48. The summed E-state index contributed by atoms with van der Waals surface area (Å²) >= 11 is 19.6. The Morgan fingerprint density at radius 1 is 1.11 bits per heavy atom. The lowest BCUT2D eigenvalue weighted by molar-refractivity contribution is 0.291. The lowest BCUT2D eigenvalue weighted by Crippen LogP contribution is -2.10. The highest BCUT2D eigenvalue weighted by molar-refractivity contribution is 7.98. The van der Waals surface area contributed by atoms with Gasteiger partial charge in [-0.05, 0) is 36.1 Å². The molecule has 0 radical (unpaired) electrons. The number of hydrogen-bond acceptors (Lipinski definition) is 5. The van der Waals surface area contributed by atoms with Crippen LogP contribution in [0.25, 0.3) is 0 Å². The molecule has 2 aromatic carbocycles. The molecule has 0 bridgehead atoms. The van der Waals surface area contributed by atoms with Crippen molar-refractivity contribution in [3.05, 3.63) is 63.1 Å². The van der Waals surface area contributed by atoms with E-state index in [9.17, 15) is 0 Å². The van der Waals surface area contributed by atoms with Crippen molar-refractivity contribution in [1.29, 1.82) is 0 Å². The molecule has 0 fully saturated rings. The van der Waals surface area contributed by atoms with Gasteiger partial charge in [0.2, 0.25) is 11.1 Å². The van der Waals surface area contributed by atoms with Gasteiger partial charge in [0.25, 0.3) is 0 Å². The van der Waals surface area contributed by atoms with E-state index in [1.54, 1.807) is 29.1 Å². The molecule has 0 aliphatic rings. The summed E-state index contributed by atoms with van der Waals surface area (Å²) in [7, 11) is 0. The second-order valence-electron chi connectivity index (χ2n) is 5.33. The minimum atomic E-state index is 0.324. The fourth-order valence-electron chi connectivity index (χ4n) is 2.18. The van der Waals surface area contributed by atoms with E-state index in [4.69, 9.17) is 39.5 Å². The quantitative estimate of drug-likeness (QED) is 0.344. The molecule has 1 aromatic heterocycles. The van der Waals surface area contributed by atoms with Crippen LogP contribution >= 0.6 is 46.6 Å². The van der Waals surface area contributed by atoms with Crippen LogP contribution in [0.2, 0.25) is 15.1 Å². The van der Waals surface area contributed by atoms with Gasteiger partial charge in [-0.15, -0.1) is 5.10 Å². The van der Waals surface area contributed by atoms with Crippen LogP contribution < -0.4 is 4.74 Å². The third-order valence-corrected chi connectivity index (χ3v) is 4.87. The highest BCUT2D eigenvalue weighted by atomic mass is 35.5. The fourth-order valence-corrected chi connectivity index (χ4v) is 3.17. The molecule has 0 aliphatic carbocycles. The monoisotopic (exact) mass is 440 g/mol. The van der Waals surface area contributed by atoms with Gasteiger partial charge in [-0.3, -0.25) is 0 Å². The first-order valence-corrected chi connectivity index (χ1v) is 10.3. The van der Waals surface area contributed by atoms with E-state index in [0.717, 1.165) is 5.56 Å². The number of para-hydroxylation sites is 1. The van der Waals surface area contributed by atoms with E-state index < -0.39 is 0 Å². The van der Waals surface area contributed by atoms with Gasteiger partial charge in [0, 0.05) is 11.2 Å². The van der Waals surface area contributed by atoms with Crippen LogP contribution in [0.15, 0.2) is 52.6 Å². The number of benzene rings is 2. The number of aromatic nitrogens is 3. The molecular weight excluding hydrogens is 427 g/mol. The summed E-state index contributed by atoms with van der Waals surface area (Å²) in [5.41, 5.74) is 0.916. The van der Waals surface area contributed by atoms with Crippen molar-refractivity contribution in [3.63, 3.8) is 0 Å². The van der Waals surface area contributed by atoms with Gasteiger partial charge in [-0.1, -0.05) is 64.8 Å². The first-order chi connectivity index (χ1) is 13.1. The molecule has 140 valence electrons. The second-order valence-corrected chi connectivity index (χ2v) is 7.35. The lowest BCUT2D eigenvalue weighted by Gasteiger charge is -2.09. The Kier molecular flexibility index (Phi) is 7.01. The zero-order valence-corrected chi connectivity index (χ0v) is 17.4. The Hall–Kier alpha value is -1.73. The summed E-state index contributed by atoms with van der Waals surface area (Å²) in [4.78, 5) is 8.84. The molecule has 0 N–H and O–H groups in total. The van der Waals surface area contributed by atoms with Crippen molar-refractivity contribution < 1.29 is 4.74 Å². The molecule has 9 heteroatoms. The zero-order valence-electron chi connectivity index (χ0n) is 14.3. The van der Waals surface area contributed by atoms with Gasteiger partial charge >= 0.3 is 0 Å². The average molecular weight is 442 g/mol. The molecular formula is C18H15Cl3N4OS. The topological polar surface area (TPSA) is 52.3 Å². The summed E-state index contributed by atoms with van der Waals surface area (Å²) in [6.45, 7) is 0.770. The Morgan fingerprint density at radius 3 is 2.48 bits per heavy atom. The summed E-state index contributed by atoms with van der Waals surface area (Å²) in [5.74, 6) is 0.945. The highest BCUT2D eigenvalue weighted by Crippen LogP contribution is 2.32. The van der Waals surface area contributed by atoms with Crippen molar-refractivity contribution in [3.8, 4) is 5.75 Å². The van der Waals surface area contributed by atoms with E-state index in [1.165, 1.54) is 11.8 Å². The predicted molar refractivity (Wildman–Crippen MR) is 112 cm³/mol. The van der Waals surface area contributed by atoms with Gasteiger partial charge in [0.15, 0.2) is 5.75 Å². The molecule has 5 nitrogen and oxygen atoms in total. The number of rotatable bonds is 7. The minimum Gasteiger partial charge on any atom is -0.489 e. The summed E-state index contributed by atoms with van der Waals surface area (Å²) in [5, 5.41) is 6.66. The number of halogens is 3. The Labute approximate surface area is 176 Å². The standard InChI is InChI=1S/C18H15Cl3N4OS/c1-27-18-23-17(22-11-12-5-7-13(19)8-6-12)25(24-18)9-10-26-16-14(20)3-2-4-15(16)21/h2-8,11H,9-10H2,1H3/b22-11-. The van der Waals surface area contributed by atoms with Crippen molar-refractivity contribution in [2.24, 2.45) is 4.99 Å². The molecule has 3 rings (SSSR count). The molecule has 27 heavy (non-hydrogen) atoms. The lowest BCUT2D eigenvalue weighted by atomic mass is 10.2. The van der Waals surface area contributed by atoms with Crippen LogP contribution in [0.3, 0.4) is 0 Å². The summed E-state index contributed by atoms with van der Waals surface area (Å²) in [6.07, 6.45) is 3.62. The maximum absolute atomic E-state index is 6.12. The van der Waals surface area contributed by atoms with Crippen LogP contribution in [0.1, 0.15) is 5.56 Å². The molecule has 0 atom stereocenters. The Balaban J connectivity index is 1.71. The van der Waals surface area contributed by atoms with Crippen LogP contribution in [-0.2, 0) is 6.54 Å². The second kappa shape index (κ2) is 9.46. The largest absolute Gasteiger partial charge is 0.489 e. The predicted octanol–water partition coefficient (Wildman–Crippen LogP) is 5.79. The van der Waals surface area contributed by atoms with E-state index in [2.05, 4.69) is 15.1 Å². The molecule has 0 saturated carbocycles. The van der Waals surface area contributed by atoms with Crippen LogP contribution in [0.5, 0.6) is 5.75 Å².